The Balaban J connectivity index is 2.54. The first-order valence-electron chi connectivity index (χ1n) is 4.36. The molecule has 15 heavy (non-hydrogen) atoms. The maximum atomic E-state index is 11.4. The molecule has 0 bridgehead atoms. The molecule has 1 aromatic rings. The maximum Gasteiger partial charge on any atom is 0.273 e. The van der Waals surface area contributed by atoms with Gasteiger partial charge in [-0.2, -0.15) is 5.10 Å². The van der Waals surface area contributed by atoms with E-state index >= 15 is 0 Å². The summed E-state index contributed by atoms with van der Waals surface area (Å²) < 4.78 is 1.44. The highest BCUT2D eigenvalue weighted by atomic mass is 16.2. The summed E-state index contributed by atoms with van der Waals surface area (Å²) in [7, 11) is 1.66. The zero-order valence-corrected chi connectivity index (χ0v) is 8.36. The smallest absolute Gasteiger partial charge is 0.273 e. The lowest BCUT2D eigenvalue weighted by Gasteiger charge is -2.01. The number of nitrogens with one attached hydrogen (secondary N) is 1. The Kier molecular flexibility index (Phi) is 3.27. The fourth-order valence-corrected chi connectivity index (χ4v) is 1.07. The lowest BCUT2D eigenvalue weighted by Crippen LogP contribution is -2.28. The monoisotopic (exact) mass is 211 g/mol. The number of aryl methyl sites for hydroxylation is 1. The van der Waals surface area contributed by atoms with Gasteiger partial charge in [0.25, 0.3) is 5.91 Å². The van der Waals surface area contributed by atoms with Crippen LogP contribution in [0.5, 0.6) is 0 Å². The molecule has 0 aliphatic rings. The van der Waals surface area contributed by atoms with Crippen molar-refractivity contribution in [3.05, 3.63) is 11.9 Å². The van der Waals surface area contributed by atoms with Crippen LogP contribution in [0.2, 0.25) is 0 Å². The molecule has 0 saturated heterocycles. The van der Waals surface area contributed by atoms with Crippen molar-refractivity contribution >= 4 is 17.5 Å². The molecule has 82 valence electrons. The van der Waals surface area contributed by atoms with Crippen LogP contribution in [0.4, 0.5) is 5.69 Å². The molecule has 0 aliphatic heterocycles. The summed E-state index contributed by atoms with van der Waals surface area (Å²) in [5.41, 5.74) is 10.9. The van der Waals surface area contributed by atoms with Gasteiger partial charge in [-0.05, 0) is 0 Å². The van der Waals surface area contributed by atoms with E-state index in [0.29, 0.717) is 5.69 Å². The number of primary amides is 1. The molecule has 7 nitrogen and oxygen atoms in total. The van der Waals surface area contributed by atoms with Gasteiger partial charge in [-0.3, -0.25) is 14.3 Å². The predicted molar refractivity (Wildman–Crippen MR) is 53.8 cm³/mol. The summed E-state index contributed by atoms with van der Waals surface area (Å²) in [6.07, 6.45) is 1.63. The number of carbonyl (C=O) groups excluding carboxylic acids is 2. The maximum absolute atomic E-state index is 11.4. The second-order valence-electron chi connectivity index (χ2n) is 3.08. The van der Waals surface area contributed by atoms with Gasteiger partial charge in [0.1, 0.15) is 0 Å². The molecular weight excluding hydrogens is 198 g/mol. The van der Waals surface area contributed by atoms with E-state index in [9.17, 15) is 9.59 Å². The number of nitrogen functional groups attached to an aromatic ring is 1. The number of hydrogen-bond donors (Lipinski definition) is 3. The average Bonchev–Trinajstić information content (AvgIpc) is 2.44. The predicted octanol–water partition coefficient (Wildman–Crippen LogP) is -1.39. The topological polar surface area (TPSA) is 116 Å². The molecule has 0 aromatic carbocycles. The second-order valence-corrected chi connectivity index (χ2v) is 3.08. The minimum atomic E-state index is -0.468. The lowest BCUT2D eigenvalue weighted by atomic mass is 10.3. The normalized spacial score (nSPS) is 9.93. The fourth-order valence-electron chi connectivity index (χ4n) is 1.07. The molecule has 1 rings (SSSR count). The molecule has 2 amide bonds. The SMILES string of the molecule is Cn1cc(N)c(C(=O)NCCC(N)=O)n1. The first-order chi connectivity index (χ1) is 7.00. The van der Waals surface area contributed by atoms with Gasteiger partial charge < -0.3 is 16.8 Å². The Morgan fingerprint density at radius 3 is 2.73 bits per heavy atom. The van der Waals surface area contributed by atoms with Gasteiger partial charge in [0.05, 0.1) is 5.69 Å². The molecule has 1 aromatic heterocycles. The van der Waals surface area contributed by atoms with Crippen LogP contribution in [-0.4, -0.2) is 28.1 Å². The Bertz CT molecular complexity index is 384. The highest BCUT2D eigenvalue weighted by Crippen LogP contribution is 2.07. The third kappa shape index (κ3) is 2.97. The largest absolute Gasteiger partial charge is 0.396 e. The Labute approximate surface area is 86.4 Å². The van der Waals surface area contributed by atoms with Crippen molar-refractivity contribution in [2.24, 2.45) is 12.8 Å². The van der Waals surface area contributed by atoms with Crippen LogP contribution in [0.3, 0.4) is 0 Å². The zero-order chi connectivity index (χ0) is 11.4. The first kappa shape index (κ1) is 11.0. The Morgan fingerprint density at radius 2 is 2.27 bits per heavy atom. The van der Waals surface area contributed by atoms with Crippen molar-refractivity contribution in [3.63, 3.8) is 0 Å². The third-order valence-electron chi connectivity index (χ3n) is 1.73. The number of rotatable bonds is 4. The van der Waals surface area contributed by atoms with Crippen molar-refractivity contribution in [3.8, 4) is 0 Å². The van der Waals surface area contributed by atoms with E-state index in [1.807, 2.05) is 0 Å². The first-order valence-corrected chi connectivity index (χ1v) is 4.36. The Morgan fingerprint density at radius 1 is 1.60 bits per heavy atom. The van der Waals surface area contributed by atoms with Gasteiger partial charge in [0.2, 0.25) is 5.91 Å². The highest BCUT2D eigenvalue weighted by Gasteiger charge is 2.13. The summed E-state index contributed by atoms with van der Waals surface area (Å²) in [6, 6.07) is 0. The third-order valence-corrected chi connectivity index (χ3v) is 1.73. The molecule has 0 aliphatic carbocycles. The fraction of sp³-hybridized carbons (Fsp3) is 0.375. The van der Waals surface area contributed by atoms with Crippen molar-refractivity contribution < 1.29 is 9.59 Å². The summed E-state index contributed by atoms with van der Waals surface area (Å²) >= 11 is 0. The van der Waals surface area contributed by atoms with E-state index in [1.165, 1.54) is 10.9 Å². The van der Waals surface area contributed by atoms with Gasteiger partial charge in [0, 0.05) is 26.2 Å². The van der Waals surface area contributed by atoms with Crippen LogP contribution >= 0.6 is 0 Å². The minimum absolute atomic E-state index is 0.0957. The van der Waals surface area contributed by atoms with Gasteiger partial charge in [-0.1, -0.05) is 0 Å². The summed E-state index contributed by atoms with van der Waals surface area (Å²) in [5.74, 6) is -0.876. The molecule has 1 heterocycles. The van der Waals surface area contributed by atoms with Crippen LogP contribution < -0.4 is 16.8 Å². The number of anilines is 1. The number of carbonyl (C=O) groups is 2. The van der Waals surface area contributed by atoms with Gasteiger partial charge in [-0.25, -0.2) is 0 Å². The van der Waals surface area contributed by atoms with E-state index in [1.54, 1.807) is 7.05 Å². The van der Waals surface area contributed by atoms with E-state index in [4.69, 9.17) is 11.5 Å². The summed E-state index contributed by atoms with van der Waals surface area (Å²) in [5, 5.41) is 6.36. The molecule has 0 fully saturated rings. The summed E-state index contributed by atoms with van der Waals surface area (Å²) in [6.45, 7) is 0.185. The number of hydrogen-bond acceptors (Lipinski definition) is 4. The zero-order valence-electron chi connectivity index (χ0n) is 8.36. The second kappa shape index (κ2) is 4.45. The van der Waals surface area contributed by atoms with Crippen LogP contribution in [-0.2, 0) is 11.8 Å². The van der Waals surface area contributed by atoms with Gasteiger partial charge >= 0.3 is 0 Å². The minimum Gasteiger partial charge on any atom is -0.396 e. The van der Waals surface area contributed by atoms with Crippen molar-refractivity contribution in [1.82, 2.24) is 15.1 Å². The van der Waals surface area contributed by atoms with Crippen molar-refractivity contribution in [2.45, 2.75) is 6.42 Å². The van der Waals surface area contributed by atoms with Crippen LogP contribution in [0.15, 0.2) is 6.20 Å². The average molecular weight is 211 g/mol. The molecule has 0 spiro atoms. The molecule has 0 atom stereocenters. The number of nitrogens with two attached hydrogens (primary N) is 2. The molecule has 0 radical (unpaired) electrons. The summed E-state index contributed by atoms with van der Waals surface area (Å²) in [4.78, 5) is 21.9. The molecule has 0 unspecified atom stereocenters. The van der Waals surface area contributed by atoms with E-state index in [-0.39, 0.29) is 18.7 Å². The van der Waals surface area contributed by atoms with Crippen molar-refractivity contribution in [2.75, 3.05) is 12.3 Å². The van der Waals surface area contributed by atoms with Gasteiger partial charge in [-0.15, -0.1) is 0 Å². The van der Waals surface area contributed by atoms with Crippen molar-refractivity contribution in [1.29, 1.82) is 0 Å². The number of amides is 2. The number of nitrogens with zero attached hydrogens (tertiary/aromatic N) is 2. The molecule has 7 heteroatoms. The molecular formula is C8H13N5O2. The molecule has 5 N–H and O–H groups in total. The van der Waals surface area contributed by atoms with Crippen LogP contribution in [0.1, 0.15) is 16.9 Å². The van der Waals surface area contributed by atoms with Crippen LogP contribution in [0.25, 0.3) is 0 Å². The van der Waals surface area contributed by atoms with E-state index < -0.39 is 11.8 Å². The van der Waals surface area contributed by atoms with Crippen LogP contribution in [0, 0.1) is 0 Å². The molecule has 0 saturated carbocycles. The van der Waals surface area contributed by atoms with Gasteiger partial charge in [0.15, 0.2) is 5.69 Å². The van der Waals surface area contributed by atoms with E-state index in [2.05, 4.69) is 10.4 Å². The van der Waals surface area contributed by atoms with E-state index in [0.717, 1.165) is 0 Å². The Hall–Kier alpha value is -2.05. The standard InChI is InChI=1S/C8H13N5O2/c1-13-4-5(9)7(12-13)8(15)11-3-2-6(10)14/h4H,2-3,9H2,1H3,(H2,10,14)(H,11,15). The highest BCUT2D eigenvalue weighted by molar-refractivity contribution is 5.97. The number of aromatic nitrogens is 2. The lowest BCUT2D eigenvalue weighted by molar-refractivity contribution is -0.117. The quantitative estimate of drug-likeness (QED) is 0.568.